The van der Waals surface area contributed by atoms with Crippen LogP contribution in [0.15, 0.2) is 11.6 Å². The zero-order valence-corrected chi connectivity index (χ0v) is 13.1. The summed E-state index contributed by atoms with van der Waals surface area (Å²) in [5, 5.41) is 9.14. The second-order valence-corrected chi connectivity index (χ2v) is 7.28. The van der Waals surface area contributed by atoms with E-state index in [0.29, 0.717) is 24.7 Å². The van der Waals surface area contributed by atoms with Crippen LogP contribution in [0.4, 0.5) is 4.79 Å². The fourth-order valence-electron chi connectivity index (χ4n) is 2.54. The molecular weight excluding hydrogens is 276 g/mol. The minimum atomic E-state index is -0.911. The molecule has 0 saturated carbocycles. The molecule has 0 spiro atoms. The van der Waals surface area contributed by atoms with Crippen LogP contribution in [0.3, 0.4) is 0 Å². The summed E-state index contributed by atoms with van der Waals surface area (Å²) in [6, 6.07) is -0.827. The molecule has 1 unspecified atom stereocenters. The van der Waals surface area contributed by atoms with E-state index in [2.05, 4.69) is 26.8 Å². The summed E-state index contributed by atoms with van der Waals surface area (Å²) in [6.07, 6.45) is 2.98. The third kappa shape index (κ3) is 3.11. The van der Waals surface area contributed by atoms with Gasteiger partial charge in [0.1, 0.15) is 6.04 Å². The number of hydrogen-bond acceptors (Lipinski definition) is 3. The van der Waals surface area contributed by atoms with Crippen LogP contribution in [0.2, 0.25) is 0 Å². The number of urea groups is 1. The molecule has 0 aromatic rings. The van der Waals surface area contributed by atoms with E-state index in [-0.39, 0.29) is 11.4 Å². The number of aliphatic carboxylic acids is 1. The summed E-state index contributed by atoms with van der Waals surface area (Å²) >= 11 is 1.50. The van der Waals surface area contributed by atoms with Crippen molar-refractivity contribution in [3.63, 3.8) is 0 Å². The van der Waals surface area contributed by atoms with Crippen LogP contribution in [0.25, 0.3) is 0 Å². The predicted octanol–water partition coefficient (Wildman–Crippen LogP) is 2.24. The van der Waals surface area contributed by atoms with Gasteiger partial charge in [-0.25, -0.2) is 9.59 Å². The Kier molecular flexibility index (Phi) is 4.32. The number of thioether (sulfide) groups is 1. The first-order chi connectivity index (χ1) is 9.30. The first-order valence-corrected chi connectivity index (χ1v) is 8.02. The second-order valence-electron chi connectivity index (χ2n) is 6.28. The molecule has 2 amide bonds. The lowest BCUT2D eigenvalue weighted by Gasteiger charge is -2.35. The summed E-state index contributed by atoms with van der Waals surface area (Å²) in [4.78, 5) is 26.8. The van der Waals surface area contributed by atoms with Gasteiger partial charge < -0.3 is 14.9 Å². The van der Waals surface area contributed by atoms with Crippen LogP contribution >= 0.6 is 11.8 Å². The summed E-state index contributed by atoms with van der Waals surface area (Å²) in [7, 11) is 0. The maximum atomic E-state index is 12.4. The van der Waals surface area contributed by atoms with Gasteiger partial charge >= 0.3 is 12.0 Å². The Morgan fingerprint density at radius 3 is 2.60 bits per heavy atom. The predicted molar refractivity (Wildman–Crippen MR) is 79.7 cm³/mol. The molecule has 1 saturated heterocycles. The highest BCUT2D eigenvalue weighted by molar-refractivity contribution is 7.99. The van der Waals surface area contributed by atoms with Gasteiger partial charge in [0.15, 0.2) is 0 Å². The molecule has 1 N–H and O–H groups in total. The zero-order valence-electron chi connectivity index (χ0n) is 12.3. The van der Waals surface area contributed by atoms with Crippen LogP contribution in [0, 0.1) is 5.41 Å². The SMILES string of the molecule is CC(C)(C)C1=CCN(C(=O)N2CSCC2C(=O)O)CC1. The van der Waals surface area contributed by atoms with Crippen molar-refractivity contribution in [2.45, 2.75) is 33.2 Å². The van der Waals surface area contributed by atoms with E-state index in [0.717, 1.165) is 6.42 Å². The quantitative estimate of drug-likeness (QED) is 0.754. The molecule has 2 heterocycles. The molecule has 2 aliphatic heterocycles. The molecule has 0 bridgehead atoms. The van der Waals surface area contributed by atoms with Gasteiger partial charge in [0.05, 0.1) is 5.88 Å². The van der Waals surface area contributed by atoms with Crippen molar-refractivity contribution in [3.8, 4) is 0 Å². The van der Waals surface area contributed by atoms with Crippen molar-refractivity contribution in [2.75, 3.05) is 24.7 Å². The van der Waals surface area contributed by atoms with E-state index in [1.165, 1.54) is 22.2 Å². The number of carboxylic acid groups (broad SMARTS) is 1. The highest BCUT2D eigenvalue weighted by atomic mass is 32.2. The summed E-state index contributed by atoms with van der Waals surface area (Å²) in [6.45, 7) is 7.78. The molecule has 0 aromatic heterocycles. The Balaban J connectivity index is 2.02. The van der Waals surface area contributed by atoms with Gasteiger partial charge in [-0.2, -0.15) is 0 Å². The molecule has 0 radical (unpaired) electrons. The molecule has 0 aliphatic carbocycles. The smallest absolute Gasteiger partial charge is 0.327 e. The number of carboxylic acids is 1. The first kappa shape index (κ1) is 15.2. The van der Waals surface area contributed by atoms with Gasteiger partial charge in [-0.05, 0) is 11.8 Å². The van der Waals surface area contributed by atoms with E-state index in [1.54, 1.807) is 4.90 Å². The Morgan fingerprint density at radius 2 is 2.10 bits per heavy atom. The largest absolute Gasteiger partial charge is 0.480 e. The molecule has 6 heteroatoms. The van der Waals surface area contributed by atoms with Crippen LogP contribution in [-0.4, -0.2) is 57.7 Å². The van der Waals surface area contributed by atoms with Crippen LogP contribution in [0.5, 0.6) is 0 Å². The zero-order chi connectivity index (χ0) is 14.9. The molecule has 1 fully saturated rings. The summed E-state index contributed by atoms with van der Waals surface area (Å²) < 4.78 is 0. The highest BCUT2D eigenvalue weighted by Crippen LogP contribution is 2.31. The monoisotopic (exact) mass is 298 g/mol. The fourth-order valence-corrected chi connectivity index (χ4v) is 3.68. The lowest BCUT2D eigenvalue weighted by molar-refractivity contribution is -0.140. The van der Waals surface area contributed by atoms with Crippen molar-refractivity contribution in [1.29, 1.82) is 0 Å². The van der Waals surface area contributed by atoms with E-state index in [9.17, 15) is 9.59 Å². The van der Waals surface area contributed by atoms with Crippen molar-refractivity contribution >= 4 is 23.8 Å². The average Bonchev–Trinajstić information content (AvgIpc) is 2.86. The van der Waals surface area contributed by atoms with Crippen LogP contribution < -0.4 is 0 Å². The Bertz CT molecular complexity index is 442. The molecule has 112 valence electrons. The molecule has 2 aliphatic rings. The third-order valence-electron chi connectivity index (χ3n) is 3.86. The van der Waals surface area contributed by atoms with Gasteiger partial charge in [0, 0.05) is 18.8 Å². The van der Waals surface area contributed by atoms with Crippen molar-refractivity contribution in [2.24, 2.45) is 5.41 Å². The van der Waals surface area contributed by atoms with Crippen molar-refractivity contribution in [1.82, 2.24) is 9.80 Å². The van der Waals surface area contributed by atoms with Gasteiger partial charge in [-0.3, -0.25) is 0 Å². The highest BCUT2D eigenvalue weighted by Gasteiger charge is 2.37. The lowest BCUT2D eigenvalue weighted by atomic mass is 9.83. The number of hydrogen-bond donors (Lipinski definition) is 1. The summed E-state index contributed by atoms with van der Waals surface area (Å²) in [5.41, 5.74) is 1.51. The number of carbonyl (C=O) groups is 2. The molecular formula is C14H22N2O3S. The van der Waals surface area contributed by atoms with Crippen molar-refractivity contribution < 1.29 is 14.7 Å². The third-order valence-corrected chi connectivity index (χ3v) is 4.87. The van der Waals surface area contributed by atoms with Gasteiger partial charge in [0.2, 0.25) is 0 Å². The average molecular weight is 298 g/mol. The number of rotatable bonds is 1. The van der Waals surface area contributed by atoms with Gasteiger partial charge in [0.25, 0.3) is 0 Å². The van der Waals surface area contributed by atoms with E-state index in [4.69, 9.17) is 5.11 Å². The normalized spacial score (nSPS) is 23.8. The van der Waals surface area contributed by atoms with Crippen molar-refractivity contribution in [3.05, 3.63) is 11.6 Å². The Labute approximate surface area is 124 Å². The number of nitrogens with zero attached hydrogens (tertiary/aromatic N) is 2. The molecule has 5 nitrogen and oxygen atoms in total. The standard InChI is InChI=1S/C14H22N2O3S/c1-14(2,3)10-4-6-15(7-5-10)13(19)16-9-20-8-11(16)12(17)18/h4,11H,5-9H2,1-3H3,(H,17,18). The Hall–Kier alpha value is -1.17. The number of carbonyl (C=O) groups excluding carboxylic acids is 1. The summed E-state index contributed by atoms with van der Waals surface area (Å²) in [5.74, 6) is 0.0476. The lowest BCUT2D eigenvalue weighted by Crippen LogP contribution is -2.50. The topological polar surface area (TPSA) is 60.9 Å². The number of amides is 2. The molecule has 20 heavy (non-hydrogen) atoms. The second kappa shape index (κ2) is 5.68. The minimum Gasteiger partial charge on any atom is -0.480 e. The fraction of sp³-hybridized carbons (Fsp3) is 0.714. The maximum absolute atomic E-state index is 12.4. The van der Waals surface area contributed by atoms with Crippen LogP contribution in [-0.2, 0) is 4.79 Å². The van der Waals surface area contributed by atoms with Gasteiger partial charge in [-0.1, -0.05) is 32.4 Å². The molecule has 2 rings (SSSR count). The van der Waals surface area contributed by atoms with E-state index >= 15 is 0 Å². The minimum absolute atomic E-state index is 0.141. The Morgan fingerprint density at radius 1 is 1.40 bits per heavy atom. The maximum Gasteiger partial charge on any atom is 0.327 e. The van der Waals surface area contributed by atoms with Gasteiger partial charge in [-0.15, -0.1) is 11.8 Å². The first-order valence-electron chi connectivity index (χ1n) is 6.86. The van der Waals surface area contributed by atoms with E-state index in [1.807, 2.05) is 0 Å². The van der Waals surface area contributed by atoms with Crippen LogP contribution in [0.1, 0.15) is 27.2 Å². The molecule has 1 atom stereocenters. The molecule has 0 aromatic carbocycles. The van der Waals surface area contributed by atoms with E-state index < -0.39 is 12.0 Å².